The van der Waals surface area contributed by atoms with Gasteiger partial charge in [-0.3, -0.25) is 5.10 Å². The van der Waals surface area contributed by atoms with Crippen molar-refractivity contribution < 1.29 is 0 Å². The molecular weight excluding hydrogens is 182 g/mol. The van der Waals surface area contributed by atoms with Crippen molar-refractivity contribution in [1.29, 1.82) is 0 Å². The van der Waals surface area contributed by atoms with Gasteiger partial charge in [-0.15, -0.1) is 0 Å². The number of H-pyrrole nitrogens is 1. The second-order valence-corrected chi connectivity index (χ2v) is 2.93. The third-order valence-corrected chi connectivity index (χ3v) is 1.73. The normalized spacial score (nSPS) is 10.6. The van der Waals surface area contributed by atoms with Crippen LogP contribution in [-0.2, 0) is 0 Å². The number of hydrogen-bond donors (Lipinski definition) is 1. The Hall–Kier alpha value is -0.870. The van der Waals surface area contributed by atoms with Gasteiger partial charge in [0.05, 0.1) is 5.02 Å². The summed E-state index contributed by atoms with van der Waals surface area (Å²) in [5.74, 6) is 0. The lowest BCUT2D eigenvalue weighted by Crippen LogP contribution is -1.84. The van der Waals surface area contributed by atoms with Crippen molar-refractivity contribution in [1.82, 2.24) is 14.6 Å². The fraction of sp³-hybridized carbons (Fsp3) is 0. The van der Waals surface area contributed by atoms with Crippen LogP contribution in [0.5, 0.6) is 0 Å². The lowest BCUT2D eigenvalue weighted by molar-refractivity contribution is 0.952. The summed E-state index contributed by atoms with van der Waals surface area (Å²) >= 11 is 10.6. The summed E-state index contributed by atoms with van der Waals surface area (Å²) in [6, 6.07) is 3.57. The van der Waals surface area contributed by atoms with Crippen molar-refractivity contribution in [3.8, 4) is 0 Å². The standard InChI is InChI=1S/C6H4ClN3S/c7-4-1-2-5-8-6(11)9-10(5)3-4/h1-3H,(H,9,11). The molecule has 56 valence electrons. The Morgan fingerprint density at radius 1 is 1.55 bits per heavy atom. The minimum Gasteiger partial charge on any atom is -0.267 e. The van der Waals surface area contributed by atoms with Crippen molar-refractivity contribution in [2.75, 3.05) is 0 Å². The van der Waals surface area contributed by atoms with Crippen molar-refractivity contribution >= 4 is 29.5 Å². The van der Waals surface area contributed by atoms with E-state index in [1.54, 1.807) is 22.8 Å². The number of aromatic nitrogens is 3. The molecule has 2 aromatic rings. The van der Waals surface area contributed by atoms with Gasteiger partial charge in [-0.05, 0) is 24.4 Å². The Morgan fingerprint density at radius 2 is 2.36 bits per heavy atom. The number of halogens is 1. The smallest absolute Gasteiger partial charge is 0.214 e. The first-order chi connectivity index (χ1) is 5.25. The van der Waals surface area contributed by atoms with Gasteiger partial charge in [-0.2, -0.15) is 4.98 Å². The van der Waals surface area contributed by atoms with E-state index in [2.05, 4.69) is 10.1 Å². The van der Waals surface area contributed by atoms with Gasteiger partial charge in [-0.25, -0.2) is 4.52 Å². The Kier molecular flexibility index (Phi) is 1.44. The maximum absolute atomic E-state index is 5.73. The summed E-state index contributed by atoms with van der Waals surface area (Å²) in [4.78, 5) is 4.02. The van der Waals surface area contributed by atoms with Crippen LogP contribution in [0.3, 0.4) is 0 Å². The van der Waals surface area contributed by atoms with Gasteiger partial charge >= 0.3 is 0 Å². The van der Waals surface area contributed by atoms with E-state index in [4.69, 9.17) is 23.8 Å². The fourth-order valence-corrected chi connectivity index (χ4v) is 1.23. The van der Waals surface area contributed by atoms with E-state index in [-0.39, 0.29) is 0 Å². The molecule has 0 unspecified atom stereocenters. The zero-order valence-electron chi connectivity index (χ0n) is 5.41. The van der Waals surface area contributed by atoms with E-state index < -0.39 is 0 Å². The Labute approximate surface area is 72.6 Å². The summed E-state index contributed by atoms with van der Waals surface area (Å²) < 4.78 is 2.15. The minimum atomic E-state index is 0.465. The molecule has 2 rings (SSSR count). The summed E-state index contributed by atoms with van der Waals surface area (Å²) in [6.07, 6.45) is 1.72. The van der Waals surface area contributed by atoms with Gasteiger partial charge in [0.25, 0.3) is 0 Å². The lowest BCUT2D eigenvalue weighted by atomic mass is 10.5. The highest BCUT2D eigenvalue weighted by Gasteiger charge is 1.94. The van der Waals surface area contributed by atoms with E-state index in [1.165, 1.54) is 0 Å². The van der Waals surface area contributed by atoms with Crippen LogP contribution in [0.15, 0.2) is 18.3 Å². The number of rotatable bonds is 0. The van der Waals surface area contributed by atoms with Crippen LogP contribution in [0.2, 0.25) is 5.02 Å². The zero-order chi connectivity index (χ0) is 7.84. The summed E-state index contributed by atoms with van der Waals surface area (Å²) in [5.41, 5.74) is 0.777. The Bertz CT molecular complexity index is 444. The molecule has 0 aliphatic heterocycles. The molecule has 0 atom stereocenters. The first kappa shape index (κ1) is 6.82. The van der Waals surface area contributed by atoms with E-state index >= 15 is 0 Å². The molecule has 0 bridgehead atoms. The van der Waals surface area contributed by atoms with Crippen molar-refractivity contribution in [3.63, 3.8) is 0 Å². The van der Waals surface area contributed by atoms with Crippen LogP contribution in [0.25, 0.3) is 5.65 Å². The number of nitrogens with one attached hydrogen (secondary N) is 1. The summed E-state index contributed by atoms with van der Waals surface area (Å²) in [7, 11) is 0. The number of pyridine rings is 1. The summed E-state index contributed by atoms with van der Waals surface area (Å²) in [5, 5.41) is 3.49. The van der Waals surface area contributed by atoms with E-state index in [0.29, 0.717) is 9.79 Å². The fourth-order valence-electron chi connectivity index (χ4n) is 0.880. The number of nitrogens with zero attached hydrogens (tertiary/aromatic N) is 2. The molecule has 0 aliphatic rings. The van der Waals surface area contributed by atoms with Crippen LogP contribution in [0.4, 0.5) is 0 Å². The van der Waals surface area contributed by atoms with Crippen LogP contribution >= 0.6 is 23.8 Å². The molecule has 2 aromatic heterocycles. The largest absolute Gasteiger partial charge is 0.267 e. The van der Waals surface area contributed by atoms with Crippen LogP contribution in [-0.4, -0.2) is 14.6 Å². The van der Waals surface area contributed by atoms with Gasteiger partial charge in [0, 0.05) is 6.20 Å². The second kappa shape index (κ2) is 2.32. The molecule has 0 fully saturated rings. The minimum absolute atomic E-state index is 0.465. The predicted molar refractivity (Wildman–Crippen MR) is 45.4 cm³/mol. The maximum Gasteiger partial charge on any atom is 0.214 e. The Morgan fingerprint density at radius 3 is 3.18 bits per heavy atom. The second-order valence-electron chi connectivity index (χ2n) is 2.10. The summed E-state index contributed by atoms with van der Waals surface area (Å²) in [6.45, 7) is 0. The van der Waals surface area contributed by atoms with Crippen LogP contribution in [0, 0.1) is 4.77 Å². The molecule has 11 heavy (non-hydrogen) atoms. The predicted octanol–water partition coefficient (Wildman–Crippen LogP) is 2.05. The molecule has 3 nitrogen and oxygen atoms in total. The third-order valence-electron chi connectivity index (χ3n) is 1.32. The van der Waals surface area contributed by atoms with Gasteiger partial charge in [0.2, 0.25) is 4.77 Å². The highest BCUT2D eigenvalue weighted by Crippen LogP contribution is 2.08. The quantitative estimate of drug-likeness (QED) is 0.638. The molecule has 0 spiro atoms. The van der Waals surface area contributed by atoms with Gasteiger partial charge in [-0.1, -0.05) is 11.6 Å². The van der Waals surface area contributed by atoms with Crippen LogP contribution < -0.4 is 0 Å². The van der Waals surface area contributed by atoms with Gasteiger partial charge in [0.15, 0.2) is 5.65 Å². The molecule has 0 radical (unpaired) electrons. The number of hydrogen-bond acceptors (Lipinski definition) is 2. The van der Waals surface area contributed by atoms with E-state index in [1.807, 2.05) is 0 Å². The topological polar surface area (TPSA) is 33.1 Å². The molecular formula is C6H4ClN3S. The first-order valence-electron chi connectivity index (χ1n) is 3.00. The van der Waals surface area contributed by atoms with Gasteiger partial charge in [0.1, 0.15) is 0 Å². The third kappa shape index (κ3) is 1.15. The highest BCUT2D eigenvalue weighted by atomic mass is 35.5. The lowest BCUT2D eigenvalue weighted by Gasteiger charge is -1.90. The maximum atomic E-state index is 5.73. The van der Waals surface area contributed by atoms with Crippen molar-refractivity contribution in [2.24, 2.45) is 0 Å². The molecule has 0 aromatic carbocycles. The van der Waals surface area contributed by atoms with E-state index in [0.717, 1.165) is 5.65 Å². The first-order valence-corrected chi connectivity index (χ1v) is 3.78. The number of aromatic amines is 1. The van der Waals surface area contributed by atoms with Crippen molar-refractivity contribution in [2.45, 2.75) is 0 Å². The molecule has 5 heteroatoms. The molecule has 0 aliphatic carbocycles. The van der Waals surface area contributed by atoms with E-state index in [9.17, 15) is 0 Å². The molecule has 0 saturated heterocycles. The molecule has 0 saturated carbocycles. The van der Waals surface area contributed by atoms with Crippen LogP contribution in [0.1, 0.15) is 0 Å². The SMILES string of the molecule is S=c1nc2ccc(Cl)cn2[nH]1. The zero-order valence-corrected chi connectivity index (χ0v) is 6.99. The average molecular weight is 186 g/mol. The molecule has 0 amide bonds. The monoisotopic (exact) mass is 185 g/mol. The molecule has 2 heterocycles. The average Bonchev–Trinajstić information content (AvgIpc) is 2.27. The van der Waals surface area contributed by atoms with Gasteiger partial charge < -0.3 is 0 Å². The Balaban J connectivity index is 2.92. The number of fused-ring (bicyclic) bond motifs is 1. The highest BCUT2D eigenvalue weighted by molar-refractivity contribution is 7.71. The van der Waals surface area contributed by atoms with Crippen molar-refractivity contribution in [3.05, 3.63) is 28.1 Å². The molecule has 1 N–H and O–H groups in total.